The molecule has 0 amide bonds. The fourth-order valence-corrected chi connectivity index (χ4v) is 2.31. The van der Waals surface area contributed by atoms with E-state index in [1.807, 2.05) is 13.8 Å². The summed E-state index contributed by atoms with van der Waals surface area (Å²) < 4.78 is 25.1. The molecule has 1 N–H and O–H groups in total. The van der Waals surface area contributed by atoms with Gasteiger partial charge in [0.05, 0.1) is 0 Å². The third kappa shape index (κ3) is 2.48. The highest BCUT2D eigenvalue weighted by Crippen LogP contribution is 2.42. The summed E-state index contributed by atoms with van der Waals surface area (Å²) in [7, 11) is 0. The molecule has 1 fully saturated rings. The molecule has 2 unspecified atom stereocenters. The molecule has 0 spiro atoms. The van der Waals surface area contributed by atoms with Crippen LogP contribution in [0.25, 0.3) is 0 Å². The van der Waals surface area contributed by atoms with E-state index in [0.29, 0.717) is 12.8 Å². The Morgan fingerprint density at radius 3 is 2.47 bits per heavy atom. The highest BCUT2D eigenvalue weighted by Gasteiger charge is 2.50. The van der Waals surface area contributed by atoms with Crippen LogP contribution >= 0.6 is 0 Å². The lowest BCUT2D eigenvalue weighted by Crippen LogP contribution is -2.31. The van der Waals surface area contributed by atoms with Crippen molar-refractivity contribution >= 4 is 5.97 Å². The zero-order valence-electron chi connectivity index (χ0n) is 10.9. The Bertz CT molecular complexity index is 470. The number of rotatable bonds is 4. The molecule has 4 nitrogen and oxygen atoms in total. The number of benzene rings is 1. The minimum Gasteiger partial charge on any atom is -0.479 e. The Morgan fingerprint density at radius 2 is 1.95 bits per heavy atom. The Kier molecular flexibility index (Phi) is 3.87. The highest BCUT2D eigenvalue weighted by molar-refractivity contribution is 5.74. The normalized spacial score (nSPS) is 25.4. The summed E-state index contributed by atoms with van der Waals surface area (Å²) in [5.74, 6) is -2.57. The van der Waals surface area contributed by atoms with Crippen LogP contribution in [-0.4, -0.2) is 23.0 Å². The monoisotopic (exact) mass is 268 g/mol. The number of carboxylic acid groups (broad SMARTS) is 1. The van der Waals surface area contributed by atoms with Crippen molar-refractivity contribution in [1.82, 2.24) is 0 Å². The number of carboxylic acids is 1. The number of carbonyl (C=O) groups is 1. The van der Waals surface area contributed by atoms with E-state index in [0.717, 1.165) is 0 Å². The molecule has 0 aromatic heterocycles. The second-order valence-corrected chi connectivity index (χ2v) is 4.55. The van der Waals surface area contributed by atoms with Gasteiger partial charge in [0.2, 0.25) is 0 Å². The minimum absolute atomic E-state index is 0.221. The molecular weight excluding hydrogens is 251 g/mol. The molecule has 0 aliphatic carbocycles. The lowest BCUT2D eigenvalue weighted by Gasteiger charge is -2.24. The molecule has 1 aliphatic rings. The minimum atomic E-state index is -1.18. The fourth-order valence-electron chi connectivity index (χ4n) is 2.31. The number of halogens is 1. The van der Waals surface area contributed by atoms with Crippen molar-refractivity contribution in [3.05, 3.63) is 35.6 Å². The van der Waals surface area contributed by atoms with Gasteiger partial charge in [-0.15, -0.1) is 0 Å². The van der Waals surface area contributed by atoms with Gasteiger partial charge in [0.15, 0.2) is 11.9 Å². The van der Waals surface area contributed by atoms with Crippen LogP contribution in [0.5, 0.6) is 0 Å². The summed E-state index contributed by atoms with van der Waals surface area (Å²) >= 11 is 0. The number of hydrogen-bond acceptors (Lipinski definition) is 3. The van der Waals surface area contributed by atoms with Crippen LogP contribution in [0, 0.1) is 5.82 Å². The van der Waals surface area contributed by atoms with Crippen molar-refractivity contribution in [1.29, 1.82) is 0 Å². The van der Waals surface area contributed by atoms with Crippen LogP contribution in [0.2, 0.25) is 0 Å². The van der Waals surface area contributed by atoms with Gasteiger partial charge in [-0.1, -0.05) is 32.0 Å². The van der Waals surface area contributed by atoms with E-state index in [4.69, 9.17) is 9.47 Å². The van der Waals surface area contributed by atoms with Gasteiger partial charge in [-0.05, 0) is 18.9 Å². The Hall–Kier alpha value is -1.46. The predicted molar refractivity (Wildman–Crippen MR) is 66.0 cm³/mol. The SMILES string of the molecule is CCC1(CC)OC(C(=O)O)C(c2ccccc2F)O1. The molecule has 1 aromatic rings. The van der Waals surface area contributed by atoms with Crippen molar-refractivity contribution in [2.24, 2.45) is 0 Å². The molecule has 0 bridgehead atoms. The van der Waals surface area contributed by atoms with Crippen molar-refractivity contribution in [3.63, 3.8) is 0 Å². The third-order valence-electron chi connectivity index (χ3n) is 3.49. The first kappa shape index (κ1) is 14.0. The number of ether oxygens (including phenoxy) is 2. The third-order valence-corrected chi connectivity index (χ3v) is 3.49. The van der Waals surface area contributed by atoms with E-state index < -0.39 is 29.8 Å². The predicted octanol–water partition coefficient (Wildman–Crippen LogP) is 2.88. The molecule has 2 rings (SSSR count). The molecule has 1 heterocycles. The largest absolute Gasteiger partial charge is 0.479 e. The second kappa shape index (κ2) is 5.27. The first-order valence-electron chi connectivity index (χ1n) is 6.36. The zero-order valence-corrected chi connectivity index (χ0v) is 10.9. The maximum Gasteiger partial charge on any atom is 0.336 e. The van der Waals surface area contributed by atoms with E-state index in [1.165, 1.54) is 12.1 Å². The van der Waals surface area contributed by atoms with Gasteiger partial charge in [0.1, 0.15) is 11.9 Å². The van der Waals surface area contributed by atoms with Crippen molar-refractivity contribution in [2.75, 3.05) is 0 Å². The molecule has 1 aromatic carbocycles. The molecule has 19 heavy (non-hydrogen) atoms. The van der Waals surface area contributed by atoms with E-state index in [1.54, 1.807) is 12.1 Å². The molecule has 2 atom stereocenters. The van der Waals surface area contributed by atoms with Crippen LogP contribution in [0.1, 0.15) is 38.4 Å². The summed E-state index contributed by atoms with van der Waals surface area (Å²) in [6.07, 6.45) is -1.08. The molecule has 104 valence electrons. The van der Waals surface area contributed by atoms with Crippen LogP contribution in [0.4, 0.5) is 4.39 Å². The molecule has 1 saturated heterocycles. The van der Waals surface area contributed by atoms with Crippen LogP contribution in [0.15, 0.2) is 24.3 Å². The van der Waals surface area contributed by atoms with Gasteiger partial charge in [0.25, 0.3) is 0 Å². The molecular formula is C14H17FO4. The van der Waals surface area contributed by atoms with Gasteiger partial charge < -0.3 is 14.6 Å². The maximum absolute atomic E-state index is 13.8. The molecule has 5 heteroatoms. The molecule has 0 radical (unpaired) electrons. The Morgan fingerprint density at radius 1 is 1.32 bits per heavy atom. The summed E-state index contributed by atoms with van der Waals surface area (Å²) in [6.45, 7) is 3.71. The number of hydrogen-bond donors (Lipinski definition) is 1. The van der Waals surface area contributed by atoms with E-state index in [9.17, 15) is 14.3 Å². The highest BCUT2D eigenvalue weighted by atomic mass is 19.1. The first-order valence-corrected chi connectivity index (χ1v) is 6.36. The van der Waals surface area contributed by atoms with E-state index in [-0.39, 0.29) is 5.56 Å². The van der Waals surface area contributed by atoms with Gasteiger partial charge >= 0.3 is 5.97 Å². The van der Waals surface area contributed by atoms with Crippen LogP contribution in [-0.2, 0) is 14.3 Å². The first-order chi connectivity index (χ1) is 9.03. The van der Waals surface area contributed by atoms with Gasteiger partial charge in [0, 0.05) is 5.56 Å². The average Bonchev–Trinajstić information content (AvgIpc) is 2.80. The van der Waals surface area contributed by atoms with Crippen LogP contribution in [0.3, 0.4) is 0 Å². The Labute approximate surface area is 111 Å². The smallest absolute Gasteiger partial charge is 0.336 e. The quantitative estimate of drug-likeness (QED) is 0.912. The number of aliphatic carboxylic acids is 1. The van der Waals surface area contributed by atoms with Crippen LogP contribution < -0.4 is 0 Å². The molecule has 0 saturated carbocycles. The fraction of sp³-hybridized carbons (Fsp3) is 0.500. The van der Waals surface area contributed by atoms with Crippen molar-refractivity contribution < 1.29 is 23.8 Å². The van der Waals surface area contributed by atoms with Gasteiger partial charge in [-0.2, -0.15) is 0 Å². The van der Waals surface area contributed by atoms with E-state index >= 15 is 0 Å². The van der Waals surface area contributed by atoms with Gasteiger partial charge in [-0.25, -0.2) is 9.18 Å². The summed E-state index contributed by atoms with van der Waals surface area (Å²) in [5, 5.41) is 9.23. The summed E-state index contributed by atoms with van der Waals surface area (Å²) in [4.78, 5) is 11.3. The molecule has 1 aliphatic heterocycles. The standard InChI is InChI=1S/C14H17FO4/c1-3-14(4-2)18-11(12(19-14)13(16)17)9-7-5-6-8-10(9)15/h5-8,11-12H,3-4H2,1-2H3,(H,16,17). The van der Waals surface area contributed by atoms with E-state index in [2.05, 4.69) is 0 Å². The lowest BCUT2D eigenvalue weighted by atomic mass is 10.0. The average molecular weight is 268 g/mol. The Balaban J connectivity index is 2.38. The van der Waals surface area contributed by atoms with Gasteiger partial charge in [-0.3, -0.25) is 0 Å². The lowest BCUT2D eigenvalue weighted by molar-refractivity contribution is -0.186. The summed E-state index contributed by atoms with van der Waals surface area (Å²) in [5.41, 5.74) is 0.221. The maximum atomic E-state index is 13.8. The second-order valence-electron chi connectivity index (χ2n) is 4.55. The topological polar surface area (TPSA) is 55.8 Å². The van der Waals surface area contributed by atoms with Crippen molar-refractivity contribution in [2.45, 2.75) is 44.7 Å². The zero-order chi connectivity index (χ0) is 14.0. The van der Waals surface area contributed by atoms with Crippen molar-refractivity contribution in [3.8, 4) is 0 Å². The summed E-state index contributed by atoms with van der Waals surface area (Å²) in [6, 6.07) is 6.02.